The average Bonchev–Trinajstić information content (AvgIpc) is 3.00. The zero-order valence-corrected chi connectivity index (χ0v) is 26.3. The number of ether oxygens (including phenoxy) is 2. The SMILES string of the molecule is COc1ccc(OC)c(NS(=O)(=O)c2ccc(NC(=O)CN(c3ccc(C)cc3)S(=O)(=O)c3ccc(SC)cc3)cc2)c1. The highest BCUT2D eigenvalue weighted by molar-refractivity contribution is 7.98. The monoisotopic (exact) mass is 641 g/mol. The second-order valence-corrected chi connectivity index (χ2v) is 13.7. The summed E-state index contributed by atoms with van der Waals surface area (Å²) in [5.41, 5.74) is 1.74. The molecule has 4 rings (SSSR count). The predicted molar refractivity (Wildman–Crippen MR) is 169 cm³/mol. The van der Waals surface area contributed by atoms with Gasteiger partial charge in [0.15, 0.2) is 0 Å². The number of rotatable bonds is 12. The highest BCUT2D eigenvalue weighted by Gasteiger charge is 2.27. The molecule has 0 spiro atoms. The second kappa shape index (κ2) is 13.4. The van der Waals surface area contributed by atoms with E-state index in [9.17, 15) is 21.6 Å². The fraction of sp³-hybridized carbons (Fsp3) is 0.167. The molecular weight excluding hydrogens is 611 g/mol. The van der Waals surface area contributed by atoms with Gasteiger partial charge in [0.25, 0.3) is 20.0 Å². The molecule has 4 aromatic carbocycles. The lowest BCUT2D eigenvalue weighted by Gasteiger charge is -2.24. The Hall–Kier alpha value is -4.20. The molecule has 13 heteroatoms. The third-order valence-corrected chi connectivity index (χ3v) is 10.3. The summed E-state index contributed by atoms with van der Waals surface area (Å²) in [7, 11) is -5.22. The number of carbonyl (C=O) groups excluding carboxylic acids is 1. The lowest BCUT2D eigenvalue weighted by atomic mass is 10.2. The highest BCUT2D eigenvalue weighted by Crippen LogP contribution is 2.31. The number of amides is 1. The van der Waals surface area contributed by atoms with E-state index in [1.165, 1.54) is 68.4 Å². The van der Waals surface area contributed by atoms with Crippen LogP contribution in [0.2, 0.25) is 0 Å². The molecule has 0 aliphatic heterocycles. The first-order chi connectivity index (χ1) is 20.5. The van der Waals surface area contributed by atoms with Crippen molar-refractivity contribution in [2.24, 2.45) is 0 Å². The van der Waals surface area contributed by atoms with Crippen molar-refractivity contribution in [3.05, 3.63) is 96.6 Å². The van der Waals surface area contributed by atoms with Crippen molar-refractivity contribution in [1.82, 2.24) is 0 Å². The molecule has 0 bridgehead atoms. The summed E-state index contributed by atoms with van der Waals surface area (Å²) in [4.78, 5) is 14.0. The molecule has 0 aliphatic carbocycles. The topological polar surface area (TPSA) is 131 Å². The summed E-state index contributed by atoms with van der Waals surface area (Å²) >= 11 is 1.49. The van der Waals surface area contributed by atoms with Gasteiger partial charge < -0.3 is 14.8 Å². The second-order valence-electron chi connectivity index (χ2n) is 9.27. The number of thioether (sulfide) groups is 1. The molecule has 43 heavy (non-hydrogen) atoms. The van der Waals surface area contributed by atoms with Crippen molar-refractivity contribution in [1.29, 1.82) is 0 Å². The van der Waals surface area contributed by atoms with Crippen molar-refractivity contribution in [3.8, 4) is 11.5 Å². The molecule has 0 saturated carbocycles. The number of benzene rings is 4. The third-order valence-electron chi connectivity index (χ3n) is 6.36. The highest BCUT2D eigenvalue weighted by atomic mass is 32.2. The van der Waals surface area contributed by atoms with Crippen molar-refractivity contribution in [2.45, 2.75) is 21.6 Å². The molecule has 0 aliphatic rings. The predicted octanol–water partition coefficient (Wildman–Crippen LogP) is 5.37. The van der Waals surface area contributed by atoms with E-state index in [1.807, 2.05) is 13.2 Å². The normalized spacial score (nSPS) is 11.4. The smallest absolute Gasteiger partial charge is 0.264 e. The van der Waals surface area contributed by atoms with Gasteiger partial charge in [-0.15, -0.1) is 11.8 Å². The Labute approximate surface area is 256 Å². The summed E-state index contributed by atoms with van der Waals surface area (Å²) in [6.07, 6.45) is 1.89. The van der Waals surface area contributed by atoms with Crippen LogP contribution in [0.4, 0.5) is 17.1 Å². The Bertz CT molecular complexity index is 1790. The van der Waals surface area contributed by atoms with E-state index in [2.05, 4.69) is 10.0 Å². The average molecular weight is 642 g/mol. The maximum absolute atomic E-state index is 13.6. The van der Waals surface area contributed by atoms with Crippen molar-refractivity contribution < 1.29 is 31.1 Å². The summed E-state index contributed by atoms with van der Waals surface area (Å²) in [6.45, 7) is 1.37. The minimum absolute atomic E-state index is 0.0494. The Morgan fingerprint density at radius 1 is 0.814 bits per heavy atom. The lowest BCUT2D eigenvalue weighted by molar-refractivity contribution is -0.114. The number of anilines is 3. The van der Waals surface area contributed by atoms with Crippen LogP contribution < -0.4 is 23.8 Å². The Balaban J connectivity index is 1.53. The molecular formula is C30H31N3O7S3. The van der Waals surface area contributed by atoms with Crippen LogP contribution in [0.15, 0.2) is 106 Å². The van der Waals surface area contributed by atoms with Crippen LogP contribution in [0.3, 0.4) is 0 Å². The maximum Gasteiger partial charge on any atom is 0.264 e. The zero-order chi connectivity index (χ0) is 31.2. The van der Waals surface area contributed by atoms with Gasteiger partial charge in [-0.25, -0.2) is 16.8 Å². The van der Waals surface area contributed by atoms with Crippen molar-refractivity contribution >= 4 is 54.8 Å². The molecule has 0 unspecified atom stereocenters. The van der Waals surface area contributed by atoms with Crippen LogP contribution in [-0.4, -0.2) is 49.8 Å². The Kier molecular flexibility index (Phi) is 9.89. The standard InChI is InChI=1S/C30H31N3O7S3/c1-21-5-9-23(10-6-21)33(43(37,38)27-16-12-25(41-4)13-17-27)20-30(34)31-22-7-14-26(15-8-22)42(35,36)32-28-19-24(39-2)11-18-29(28)40-3/h5-19,32H,20H2,1-4H3,(H,31,34). The van der Waals surface area contributed by atoms with Gasteiger partial charge in [-0.05, 0) is 86.0 Å². The van der Waals surface area contributed by atoms with Crippen molar-refractivity contribution in [2.75, 3.05) is 41.4 Å². The number of hydrogen-bond donors (Lipinski definition) is 2. The molecule has 0 atom stereocenters. The Morgan fingerprint density at radius 3 is 2.02 bits per heavy atom. The van der Waals surface area contributed by atoms with Gasteiger partial charge in [0, 0.05) is 16.6 Å². The van der Waals surface area contributed by atoms with Gasteiger partial charge >= 0.3 is 0 Å². The number of carbonyl (C=O) groups is 1. The summed E-state index contributed by atoms with van der Waals surface area (Å²) in [5, 5.41) is 2.66. The number of sulfonamides is 2. The van der Waals surface area contributed by atoms with Gasteiger partial charge in [0.2, 0.25) is 5.91 Å². The number of methoxy groups -OCH3 is 2. The molecule has 2 N–H and O–H groups in total. The third kappa shape index (κ3) is 7.61. The van der Waals surface area contributed by atoms with E-state index < -0.39 is 32.5 Å². The molecule has 1 amide bonds. The van der Waals surface area contributed by atoms with E-state index in [0.717, 1.165) is 14.8 Å². The van der Waals surface area contributed by atoms with E-state index in [1.54, 1.807) is 48.5 Å². The largest absolute Gasteiger partial charge is 0.497 e. The van der Waals surface area contributed by atoms with Crippen LogP contribution in [0, 0.1) is 6.92 Å². The number of hydrogen-bond acceptors (Lipinski definition) is 8. The molecule has 0 aromatic heterocycles. The van der Waals surface area contributed by atoms with E-state index >= 15 is 0 Å². The zero-order valence-electron chi connectivity index (χ0n) is 23.9. The fourth-order valence-corrected chi connectivity index (χ4v) is 6.94. The summed E-state index contributed by atoms with van der Waals surface area (Å²) < 4.78 is 67.3. The number of nitrogens with zero attached hydrogens (tertiary/aromatic N) is 1. The van der Waals surface area contributed by atoms with E-state index in [-0.39, 0.29) is 21.2 Å². The van der Waals surface area contributed by atoms with E-state index in [4.69, 9.17) is 9.47 Å². The van der Waals surface area contributed by atoms with Gasteiger partial charge in [0.1, 0.15) is 18.0 Å². The summed E-state index contributed by atoms with van der Waals surface area (Å²) in [5.74, 6) is 0.136. The molecule has 4 aromatic rings. The van der Waals surface area contributed by atoms with Crippen LogP contribution in [0.25, 0.3) is 0 Å². The van der Waals surface area contributed by atoms with Gasteiger partial charge in [-0.2, -0.15) is 0 Å². The quantitative estimate of drug-likeness (QED) is 0.198. The first-order valence-electron chi connectivity index (χ1n) is 12.8. The molecule has 0 heterocycles. The number of nitrogens with one attached hydrogen (secondary N) is 2. The maximum atomic E-state index is 13.6. The molecule has 226 valence electrons. The van der Waals surface area contributed by atoms with E-state index in [0.29, 0.717) is 17.2 Å². The van der Waals surface area contributed by atoms with Crippen LogP contribution in [0.1, 0.15) is 5.56 Å². The molecule has 0 radical (unpaired) electrons. The van der Waals surface area contributed by atoms with Gasteiger partial charge in [-0.3, -0.25) is 13.8 Å². The molecule has 0 fully saturated rings. The van der Waals surface area contributed by atoms with Crippen LogP contribution in [-0.2, 0) is 24.8 Å². The number of aryl methyl sites for hydroxylation is 1. The lowest BCUT2D eigenvalue weighted by Crippen LogP contribution is -2.38. The molecule has 10 nitrogen and oxygen atoms in total. The van der Waals surface area contributed by atoms with Gasteiger partial charge in [0.05, 0.1) is 35.4 Å². The fourth-order valence-electron chi connectivity index (χ4n) is 4.05. The summed E-state index contributed by atoms with van der Waals surface area (Å²) in [6, 6.07) is 23.4. The van der Waals surface area contributed by atoms with Crippen molar-refractivity contribution in [3.63, 3.8) is 0 Å². The Morgan fingerprint density at radius 2 is 1.44 bits per heavy atom. The first-order valence-corrected chi connectivity index (χ1v) is 17.0. The molecule has 0 saturated heterocycles. The van der Waals surface area contributed by atoms with Crippen LogP contribution >= 0.6 is 11.8 Å². The van der Waals surface area contributed by atoms with Gasteiger partial charge in [-0.1, -0.05) is 17.7 Å². The minimum atomic E-state index is -4.09. The first kappa shape index (κ1) is 31.7. The minimum Gasteiger partial charge on any atom is -0.497 e. The van der Waals surface area contributed by atoms with Crippen LogP contribution in [0.5, 0.6) is 11.5 Å².